The number of nitrogens with one attached hydrogen (secondary N) is 2. The van der Waals surface area contributed by atoms with Gasteiger partial charge in [0.2, 0.25) is 5.91 Å². The minimum absolute atomic E-state index is 0.0851. The van der Waals surface area contributed by atoms with Crippen molar-refractivity contribution in [3.8, 4) is 0 Å². The second-order valence-electron chi connectivity index (χ2n) is 6.49. The third kappa shape index (κ3) is 4.61. The smallest absolute Gasteiger partial charge is 0.326 e. The standard InChI is InChI=1S/C14H25N3O4/c1-14(2,3)10(12(19)20)16-13(21)17-7-5-6-9(8-17)11(18)15-4/h9-10H,5-8H2,1-4H3,(H,15,18)(H,16,21)(H,19,20)/t9?,10-/m0/s1. The summed E-state index contributed by atoms with van der Waals surface area (Å²) in [6.45, 7) is 6.14. The number of hydrogen-bond donors (Lipinski definition) is 3. The Balaban J connectivity index is 2.70. The number of likely N-dealkylation sites (tertiary alicyclic amines) is 1. The van der Waals surface area contributed by atoms with E-state index in [1.165, 1.54) is 4.90 Å². The normalized spacial score (nSPS) is 20.6. The van der Waals surface area contributed by atoms with Gasteiger partial charge in [0.25, 0.3) is 0 Å². The van der Waals surface area contributed by atoms with Crippen LogP contribution in [0.3, 0.4) is 0 Å². The molecule has 1 unspecified atom stereocenters. The first kappa shape index (κ1) is 17.3. The van der Waals surface area contributed by atoms with E-state index in [1.807, 2.05) is 0 Å². The van der Waals surface area contributed by atoms with Crippen LogP contribution < -0.4 is 10.6 Å². The lowest BCUT2D eigenvalue weighted by Crippen LogP contribution is -2.55. The number of carboxylic acids is 1. The number of nitrogens with zero attached hydrogens (tertiary/aromatic N) is 1. The number of urea groups is 1. The van der Waals surface area contributed by atoms with E-state index < -0.39 is 23.5 Å². The summed E-state index contributed by atoms with van der Waals surface area (Å²) in [4.78, 5) is 36.7. The molecule has 7 nitrogen and oxygen atoms in total. The molecule has 0 aromatic carbocycles. The van der Waals surface area contributed by atoms with Gasteiger partial charge in [0, 0.05) is 20.1 Å². The average molecular weight is 299 g/mol. The minimum Gasteiger partial charge on any atom is -0.480 e. The van der Waals surface area contributed by atoms with E-state index in [9.17, 15) is 19.5 Å². The maximum Gasteiger partial charge on any atom is 0.326 e. The quantitative estimate of drug-likeness (QED) is 0.712. The molecule has 21 heavy (non-hydrogen) atoms. The monoisotopic (exact) mass is 299 g/mol. The molecule has 1 rings (SSSR count). The van der Waals surface area contributed by atoms with Crippen molar-refractivity contribution in [3.05, 3.63) is 0 Å². The Labute approximate surface area is 125 Å². The fourth-order valence-electron chi connectivity index (χ4n) is 2.44. The molecule has 0 spiro atoms. The van der Waals surface area contributed by atoms with Gasteiger partial charge in [-0.1, -0.05) is 20.8 Å². The van der Waals surface area contributed by atoms with E-state index in [4.69, 9.17) is 0 Å². The van der Waals surface area contributed by atoms with Gasteiger partial charge in [-0.3, -0.25) is 4.79 Å². The van der Waals surface area contributed by atoms with Crippen LogP contribution in [0, 0.1) is 11.3 Å². The third-order valence-electron chi connectivity index (χ3n) is 3.71. The second-order valence-corrected chi connectivity index (χ2v) is 6.49. The van der Waals surface area contributed by atoms with Crippen molar-refractivity contribution in [2.24, 2.45) is 11.3 Å². The minimum atomic E-state index is -1.06. The number of aliphatic carboxylic acids is 1. The molecule has 120 valence electrons. The lowest BCUT2D eigenvalue weighted by molar-refractivity contribution is -0.142. The third-order valence-corrected chi connectivity index (χ3v) is 3.71. The van der Waals surface area contributed by atoms with E-state index in [0.717, 1.165) is 12.8 Å². The highest BCUT2D eigenvalue weighted by atomic mass is 16.4. The van der Waals surface area contributed by atoms with Crippen LogP contribution in [0.15, 0.2) is 0 Å². The van der Waals surface area contributed by atoms with Gasteiger partial charge in [0.05, 0.1) is 5.92 Å². The van der Waals surface area contributed by atoms with Gasteiger partial charge in [0.15, 0.2) is 0 Å². The first-order valence-electron chi connectivity index (χ1n) is 7.16. The molecular weight excluding hydrogens is 274 g/mol. The Morgan fingerprint density at radius 2 is 1.90 bits per heavy atom. The van der Waals surface area contributed by atoms with Crippen LogP contribution in [-0.4, -0.2) is 54.1 Å². The first-order chi connectivity index (χ1) is 9.66. The van der Waals surface area contributed by atoms with Gasteiger partial charge in [-0.15, -0.1) is 0 Å². The van der Waals surface area contributed by atoms with Crippen LogP contribution in [0.1, 0.15) is 33.6 Å². The van der Waals surface area contributed by atoms with Crippen molar-refractivity contribution in [2.75, 3.05) is 20.1 Å². The van der Waals surface area contributed by atoms with Gasteiger partial charge >= 0.3 is 12.0 Å². The van der Waals surface area contributed by atoms with Crippen molar-refractivity contribution < 1.29 is 19.5 Å². The lowest BCUT2D eigenvalue weighted by atomic mass is 9.87. The van der Waals surface area contributed by atoms with E-state index in [2.05, 4.69) is 10.6 Å². The number of piperidine rings is 1. The summed E-state index contributed by atoms with van der Waals surface area (Å²) < 4.78 is 0. The first-order valence-corrected chi connectivity index (χ1v) is 7.16. The molecule has 0 bridgehead atoms. The van der Waals surface area contributed by atoms with Crippen molar-refractivity contribution in [2.45, 2.75) is 39.7 Å². The Morgan fingerprint density at radius 1 is 1.29 bits per heavy atom. The summed E-state index contributed by atoms with van der Waals surface area (Å²) in [6, 6.07) is -1.39. The van der Waals surface area contributed by atoms with Crippen LogP contribution in [0.5, 0.6) is 0 Å². The highest BCUT2D eigenvalue weighted by Crippen LogP contribution is 2.21. The predicted octanol–water partition coefficient (Wildman–Crippen LogP) is 0.653. The highest BCUT2D eigenvalue weighted by molar-refractivity contribution is 5.84. The molecule has 0 aromatic rings. The Morgan fingerprint density at radius 3 is 2.38 bits per heavy atom. The SMILES string of the molecule is CNC(=O)C1CCCN(C(=O)N[C@@H](C(=O)O)C(C)(C)C)C1. The summed E-state index contributed by atoms with van der Waals surface area (Å²) in [5, 5.41) is 14.4. The van der Waals surface area contributed by atoms with Crippen LogP contribution >= 0.6 is 0 Å². The molecule has 1 aliphatic heterocycles. The molecule has 2 atom stereocenters. The number of carboxylic acid groups (broad SMARTS) is 1. The van der Waals surface area contributed by atoms with E-state index in [0.29, 0.717) is 13.1 Å². The molecule has 3 N–H and O–H groups in total. The van der Waals surface area contributed by atoms with Crippen LogP contribution in [0.25, 0.3) is 0 Å². The molecule has 0 aromatic heterocycles. The fourth-order valence-corrected chi connectivity index (χ4v) is 2.44. The van der Waals surface area contributed by atoms with E-state index in [1.54, 1.807) is 27.8 Å². The number of carbonyl (C=O) groups is 3. The van der Waals surface area contributed by atoms with Crippen molar-refractivity contribution in [1.29, 1.82) is 0 Å². The Bertz CT molecular complexity index is 417. The molecule has 7 heteroatoms. The van der Waals surface area contributed by atoms with Gasteiger partial charge in [-0.25, -0.2) is 9.59 Å². The summed E-state index contributed by atoms with van der Waals surface area (Å²) in [7, 11) is 1.57. The second kappa shape index (κ2) is 6.78. The molecule has 0 radical (unpaired) electrons. The Hall–Kier alpha value is -1.79. The molecule has 1 fully saturated rings. The zero-order valence-corrected chi connectivity index (χ0v) is 13.1. The average Bonchev–Trinajstić information content (AvgIpc) is 2.42. The molecular formula is C14H25N3O4. The van der Waals surface area contributed by atoms with Gasteiger partial charge in [-0.05, 0) is 18.3 Å². The summed E-state index contributed by atoms with van der Waals surface area (Å²) in [6.07, 6.45) is 1.48. The Kier molecular flexibility index (Phi) is 5.57. The summed E-state index contributed by atoms with van der Waals surface area (Å²) in [5.41, 5.74) is -0.586. The lowest BCUT2D eigenvalue weighted by Gasteiger charge is -2.35. The maximum atomic E-state index is 12.2. The number of amides is 3. The van der Waals surface area contributed by atoms with Crippen LogP contribution in [0.4, 0.5) is 4.79 Å². The number of hydrogen-bond acceptors (Lipinski definition) is 3. The summed E-state index contributed by atoms with van der Waals surface area (Å²) in [5.74, 6) is -1.37. The number of carbonyl (C=O) groups excluding carboxylic acids is 2. The van der Waals surface area contributed by atoms with Gasteiger partial charge < -0.3 is 20.6 Å². The molecule has 1 heterocycles. The van der Waals surface area contributed by atoms with Crippen molar-refractivity contribution >= 4 is 17.9 Å². The molecule has 1 aliphatic rings. The van der Waals surface area contributed by atoms with Crippen LogP contribution in [0.2, 0.25) is 0 Å². The molecule has 0 aliphatic carbocycles. The predicted molar refractivity (Wildman–Crippen MR) is 77.8 cm³/mol. The van der Waals surface area contributed by atoms with Crippen molar-refractivity contribution in [3.63, 3.8) is 0 Å². The zero-order chi connectivity index (χ0) is 16.2. The molecule has 1 saturated heterocycles. The zero-order valence-electron chi connectivity index (χ0n) is 13.1. The number of rotatable bonds is 3. The summed E-state index contributed by atoms with van der Waals surface area (Å²) >= 11 is 0. The maximum absolute atomic E-state index is 12.2. The topological polar surface area (TPSA) is 98.7 Å². The van der Waals surface area contributed by atoms with Crippen molar-refractivity contribution in [1.82, 2.24) is 15.5 Å². The van der Waals surface area contributed by atoms with E-state index in [-0.39, 0.29) is 11.8 Å². The van der Waals surface area contributed by atoms with E-state index >= 15 is 0 Å². The highest BCUT2D eigenvalue weighted by Gasteiger charge is 2.35. The fraction of sp³-hybridized carbons (Fsp3) is 0.786. The van der Waals surface area contributed by atoms with Gasteiger partial charge in [-0.2, -0.15) is 0 Å². The molecule has 3 amide bonds. The van der Waals surface area contributed by atoms with Crippen LogP contribution in [-0.2, 0) is 9.59 Å². The molecule has 0 saturated carbocycles. The van der Waals surface area contributed by atoms with Gasteiger partial charge in [0.1, 0.15) is 6.04 Å². The largest absolute Gasteiger partial charge is 0.480 e.